The van der Waals surface area contributed by atoms with Crippen LogP contribution >= 0.6 is 11.9 Å². The Balaban J connectivity index is 1.11. The lowest BCUT2D eigenvalue weighted by atomic mass is 10.1. The molecule has 0 bridgehead atoms. The van der Waals surface area contributed by atoms with Crippen molar-refractivity contribution in [1.82, 2.24) is 29.4 Å². The number of benzene rings is 3. The first-order valence-corrected chi connectivity index (χ1v) is 16.4. The van der Waals surface area contributed by atoms with E-state index in [0.29, 0.717) is 21.9 Å². The molecule has 3 aromatic carbocycles. The predicted molar refractivity (Wildman–Crippen MR) is 188 cm³/mol. The lowest BCUT2D eigenvalue weighted by molar-refractivity contribution is -0.139. The van der Waals surface area contributed by atoms with Crippen molar-refractivity contribution in [3.05, 3.63) is 141 Å². The highest BCUT2D eigenvalue weighted by Gasteiger charge is 2.25. The maximum absolute atomic E-state index is 15.1. The van der Waals surface area contributed by atoms with Crippen molar-refractivity contribution in [1.29, 1.82) is 0 Å². The smallest absolute Gasteiger partial charge is 0.335 e. The number of carbonyl (C=O) groups is 2. The van der Waals surface area contributed by atoms with Crippen LogP contribution in [0, 0.1) is 11.6 Å². The summed E-state index contributed by atoms with van der Waals surface area (Å²) in [5.74, 6) is -3.86. The number of hydrogen-bond acceptors (Lipinski definition) is 9. The summed E-state index contributed by atoms with van der Waals surface area (Å²) in [7, 11) is 1.53. The minimum atomic E-state index is -1.57. The third kappa shape index (κ3) is 7.38. The van der Waals surface area contributed by atoms with Gasteiger partial charge in [0.05, 0.1) is 34.0 Å². The number of amides is 1. The van der Waals surface area contributed by atoms with E-state index >= 15 is 8.78 Å². The molecule has 258 valence electrons. The van der Waals surface area contributed by atoms with Crippen LogP contribution in [0.2, 0.25) is 0 Å². The van der Waals surface area contributed by atoms with Gasteiger partial charge in [0.1, 0.15) is 23.5 Å². The van der Waals surface area contributed by atoms with E-state index in [0.717, 1.165) is 46.0 Å². The first kappa shape index (κ1) is 34.6. The van der Waals surface area contributed by atoms with Crippen molar-refractivity contribution in [2.24, 2.45) is 7.05 Å². The van der Waals surface area contributed by atoms with Gasteiger partial charge in [-0.3, -0.25) is 19.1 Å². The summed E-state index contributed by atoms with van der Waals surface area (Å²) in [6.45, 7) is 1.97. The first-order valence-electron chi connectivity index (χ1n) is 15.6. The fourth-order valence-corrected chi connectivity index (χ4v) is 5.92. The number of rotatable bonds is 11. The number of para-hydroxylation sites is 1. The molecule has 0 aliphatic carbocycles. The van der Waals surface area contributed by atoms with Crippen molar-refractivity contribution in [3.63, 3.8) is 0 Å². The van der Waals surface area contributed by atoms with Crippen LogP contribution in [0.25, 0.3) is 27.7 Å². The summed E-state index contributed by atoms with van der Waals surface area (Å²) < 4.78 is 35.1. The SMILES string of the molecule is CCc1ncc(-c2ccc(SNc3cc(F)c(C(=O)N[C@@H](Cc4ccc(-n5c(=O)c6ccccc6n(C)c5=O)cn4)C(=O)O)cc3F)cc2)cn1. The fourth-order valence-electron chi connectivity index (χ4n) is 5.26. The Morgan fingerprint density at radius 3 is 2.29 bits per heavy atom. The van der Waals surface area contributed by atoms with Gasteiger partial charge in [-0.2, -0.15) is 0 Å². The molecule has 6 rings (SSSR count). The summed E-state index contributed by atoms with van der Waals surface area (Å²) in [6, 6.07) is 16.7. The van der Waals surface area contributed by atoms with Gasteiger partial charge in [-0.05, 0) is 60.0 Å². The lowest BCUT2D eigenvalue weighted by Gasteiger charge is -2.16. The number of aliphatic carboxylic acids is 1. The maximum Gasteiger partial charge on any atom is 0.335 e. The second kappa shape index (κ2) is 14.7. The van der Waals surface area contributed by atoms with Gasteiger partial charge < -0.3 is 15.1 Å². The van der Waals surface area contributed by atoms with Gasteiger partial charge in [0.2, 0.25) is 0 Å². The van der Waals surface area contributed by atoms with E-state index in [1.807, 2.05) is 19.1 Å². The van der Waals surface area contributed by atoms with E-state index in [2.05, 4.69) is 25.0 Å². The molecule has 0 saturated carbocycles. The van der Waals surface area contributed by atoms with Gasteiger partial charge in [-0.15, -0.1) is 0 Å². The molecule has 0 unspecified atom stereocenters. The Bertz CT molecular complexity index is 2380. The number of anilines is 1. The van der Waals surface area contributed by atoms with Crippen molar-refractivity contribution in [2.75, 3.05) is 4.72 Å². The molecule has 0 aliphatic rings. The summed E-state index contributed by atoms with van der Waals surface area (Å²) in [5.41, 5.74) is 0.459. The lowest BCUT2D eigenvalue weighted by Crippen LogP contribution is -2.42. The molecule has 1 atom stereocenters. The molecule has 0 spiro atoms. The highest BCUT2D eigenvalue weighted by atomic mass is 32.2. The monoisotopic (exact) mass is 709 g/mol. The molecule has 15 heteroatoms. The number of carboxylic acids is 1. The average Bonchev–Trinajstić information content (AvgIpc) is 3.14. The van der Waals surface area contributed by atoms with Gasteiger partial charge >= 0.3 is 11.7 Å². The molecule has 6 aromatic rings. The maximum atomic E-state index is 15.1. The number of fused-ring (bicyclic) bond motifs is 1. The highest BCUT2D eigenvalue weighted by Crippen LogP contribution is 2.28. The normalized spacial score (nSPS) is 11.7. The molecule has 3 N–H and O–H groups in total. The number of aryl methyl sites for hydroxylation is 2. The number of pyridine rings is 1. The van der Waals surface area contributed by atoms with Gasteiger partial charge in [0, 0.05) is 54.5 Å². The summed E-state index contributed by atoms with van der Waals surface area (Å²) >= 11 is 1.03. The van der Waals surface area contributed by atoms with E-state index in [1.54, 1.807) is 48.8 Å². The molecule has 12 nitrogen and oxygen atoms in total. The minimum absolute atomic E-state index is 0.153. The summed E-state index contributed by atoms with van der Waals surface area (Å²) in [6.07, 6.45) is 5.10. The van der Waals surface area contributed by atoms with Crippen LogP contribution in [0.5, 0.6) is 0 Å². The molecule has 3 heterocycles. The Morgan fingerprint density at radius 2 is 1.63 bits per heavy atom. The molecule has 0 aliphatic heterocycles. The van der Waals surface area contributed by atoms with Gasteiger partial charge in [-0.1, -0.05) is 31.2 Å². The third-order valence-corrected chi connectivity index (χ3v) is 8.88. The topological polar surface area (TPSA) is 161 Å². The number of nitrogens with one attached hydrogen (secondary N) is 2. The predicted octanol–water partition coefficient (Wildman–Crippen LogP) is 4.93. The number of carboxylic acid groups (broad SMARTS) is 1. The van der Waals surface area contributed by atoms with E-state index in [-0.39, 0.29) is 23.5 Å². The van der Waals surface area contributed by atoms with E-state index < -0.39 is 46.4 Å². The second-order valence-electron chi connectivity index (χ2n) is 11.4. The van der Waals surface area contributed by atoms with Crippen molar-refractivity contribution >= 4 is 40.4 Å². The van der Waals surface area contributed by atoms with Gasteiger partial charge in [0.15, 0.2) is 0 Å². The van der Waals surface area contributed by atoms with Gasteiger partial charge in [-0.25, -0.2) is 32.9 Å². The van der Waals surface area contributed by atoms with Crippen molar-refractivity contribution < 1.29 is 23.5 Å². The number of aromatic nitrogens is 5. The number of carbonyl (C=O) groups excluding carboxylic acids is 1. The zero-order chi connectivity index (χ0) is 36.2. The van der Waals surface area contributed by atoms with Crippen LogP contribution in [0.4, 0.5) is 14.5 Å². The molecule has 0 saturated heterocycles. The zero-order valence-corrected chi connectivity index (χ0v) is 27.9. The van der Waals surface area contributed by atoms with E-state index in [4.69, 9.17) is 0 Å². The van der Waals surface area contributed by atoms with E-state index in [1.165, 1.54) is 29.9 Å². The Hall–Kier alpha value is -6.22. The Kier molecular flexibility index (Phi) is 10.00. The Morgan fingerprint density at radius 1 is 0.902 bits per heavy atom. The molecule has 0 fully saturated rings. The molecular weight excluding hydrogens is 681 g/mol. The second-order valence-corrected chi connectivity index (χ2v) is 12.2. The Labute approximate surface area is 293 Å². The molecule has 3 aromatic heterocycles. The number of hydrogen-bond donors (Lipinski definition) is 3. The van der Waals surface area contributed by atoms with Crippen molar-refractivity contribution in [2.45, 2.75) is 30.7 Å². The summed E-state index contributed by atoms with van der Waals surface area (Å²) in [4.78, 5) is 64.5. The van der Waals surface area contributed by atoms with Crippen LogP contribution < -0.4 is 21.3 Å². The molecule has 0 radical (unpaired) electrons. The standard InChI is InChI=1S/C36H29F2N7O5S/c1-3-32-40-17-21(18-41-32)20-8-12-24(13-9-20)51-43-29-16-27(37)26(15-28(29)38)33(46)42-30(35(48)49)14-22-10-11-23(19-39-22)45-34(47)25-6-4-5-7-31(25)44(2)36(45)50/h4-13,15-19,30,43H,3,14H2,1-2H3,(H,42,46)(H,48,49)/t30-/m0/s1. The van der Waals surface area contributed by atoms with Crippen LogP contribution in [-0.2, 0) is 24.7 Å². The van der Waals surface area contributed by atoms with E-state index in [9.17, 15) is 24.3 Å². The minimum Gasteiger partial charge on any atom is -0.480 e. The largest absolute Gasteiger partial charge is 0.480 e. The quantitative estimate of drug-likeness (QED) is 0.158. The van der Waals surface area contributed by atoms with Crippen molar-refractivity contribution in [3.8, 4) is 16.8 Å². The third-order valence-electron chi connectivity index (χ3n) is 8.05. The first-order chi connectivity index (χ1) is 24.5. The van der Waals surface area contributed by atoms with Crippen LogP contribution in [-0.4, -0.2) is 47.1 Å². The number of nitrogens with zero attached hydrogens (tertiary/aromatic N) is 5. The average molecular weight is 710 g/mol. The van der Waals surface area contributed by atoms with Gasteiger partial charge in [0.25, 0.3) is 11.5 Å². The zero-order valence-electron chi connectivity index (χ0n) is 27.1. The molecular formula is C36H29F2N7O5S. The fraction of sp³-hybridized carbons (Fsp3) is 0.139. The number of halogens is 2. The van der Waals surface area contributed by atoms with Crippen LogP contribution in [0.1, 0.15) is 28.8 Å². The summed E-state index contributed by atoms with van der Waals surface area (Å²) in [5, 5.41) is 12.3. The van der Waals surface area contributed by atoms with Crippen LogP contribution in [0.3, 0.4) is 0 Å². The van der Waals surface area contributed by atoms with Crippen LogP contribution in [0.15, 0.2) is 106 Å². The molecule has 1 amide bonds. The highest BCUT2D eigenvalue weighted by molar-refractivity contribution is 8.00. The molecule has 51 heavy (non-hydrogen) atoms.